The number of carbonyl (C=O) groups is 1. The summed E-state index contributed by atoms with van der Waals surface area (Å²) in [4.78, 5) is 12.2. The molecule has 25 heavy (non-hydrogen) atoms. The molecule has 0 aliphatic carbocycles. The fourth-order valence-corrected chi connectivity index (χ4v) is 3.86. The first-order chi connectivity index (χ1) is 11.9. The van der Waals surface area contributed by atoms with Gasteiger partial charge >= 0.3 is 0 Å². The van der Waals surface area contributed by atoms with Gasteiger partial charge in [-0.1, -0.05) is 32.0 Å². The average Bonchev–Trinajstić information content (AvgIpc) is 2.61. The van der Waals surface area contributed by atoms with Gasteiger partial charge in [-0.2, -0.15) is 4.31 Å². The molecule has 0 unspecified atom stereocenters. The molecule has 0 fully saturated rings. The van der Waals surface area contributed by atoms with E-state index in [4.69, 9.17) is 0 Å². The third-order valence-corrected chi connectivity index (χ3v) is 5.87. The zero-order chi connectivity index (χ0) is 18.4. The maximum absolute atomic E-state index is 13.1. The van der Waals surface area contributed by atoms with Crippen molar-refractivity contribution in [2.24, 2.45) is 0 Å². The first kappa shape index (κ1) is 19.1. The molecule has 0 atom stereocenters. The number of halogens is 1. The van der Waals surface area contributed by atoms with Crippen LogP contribution < -0.4 is 5.32 Å². The molecule has 1 N–H and O–H groups in total. The van der Waals surface area contributed by atoms with Crippen LogP contribution in [0.25, 0.3) is 0 Å². The van der Waals surface area contributed by atoms with Crippen molar-refractivity contribution >= 4 is 15.9 Å². The lowest BCUT2D eigenvalue weighted by atomic mass is 10.2. The minimum Gasteiger partial charge on any atom is -0.348 e. The number of benzene rings is 2. The molecule has 0 aromatic heterocycles. The Kier molecular flexibility index (Phi) is 6.27. The van der Waals surface area contributed by atoms with Crippen molar-refractivity contribution in [1.29, 1.82) is 0 Å². The van der Waals surface area contributed by atoms with Crippen molar-refractivity contribution in [3.63, 3.8) is 0 Å². The first-order valence-electron chi connectivity index (χ1n) is 8.01. The van der Waals surface area contributed by atoms with Gasteiger partial charge in [0.1, 0.15) is 5.82 Å². The summed E-state index contributed by atoms with van der Waals surface area (Å²) in [6, 6.07) is 11.8. The van der Waals surface area contributed by atoms with E-state index in [0.29, 0.717) is 13.1 Å². The molecule has 0 saturated carbocycles. The molecule has 0 radical (unpaired) electrons. The molecule has 0 bridgehead atoms. The number of hydrogen-bond acceptors (Lipinski definition) is 3. The Labute approximate surface area is 147 Å². The molecular formula is C18H21FN2O3S. The monoisotopic (exact) mass is 364 g/mol. The number of amides is 1. The highest BCUT2D eigenvalue weighted by Gasteiger charge is 2.21. The summed E-state index contributed by atoms with van der Waals surface area (Å²) in [6.07, 6.45) is 0. The Morgan fingerprint density at radius 3 is 2.28 bits per heavy atom. The number of rotatable bonds is 7. The minimum atomic E-state index is -3.49. The van der Waals surface area contributed by atoms with Gasteiger partial charge in [0.15, 0.2) is 0 Å². The second kappa shape index (κ2) is 8.22. The highest BCUT2D eigenvalue weighted by Crippen LogP contribution is 2.16. The number of hydrogen-bond donors (Lipinski definition) is 1. The van der Waals surface area contributed by atoms with E-state index < -0.39 is 15.8 Å². The number of nitrogens with zero attached hydrogens (tertiary/aromatic N) is 1. The van der Waals surface area contributed by atoms with Gasteiger partial charge in [-0.3, -0.25) is 4.79 Å². The lowest BCUT2D eigenvalue weighted by Gasteiger charge is -2.18. The van der Waals surface area contributed by atoms with Gasteiger partial charge in [-0.15, -0.1) is 0 Å². The highest BCUT2D eigenvalue weighted by molar-refractivity contribution is 7.89. The van der Waals surface area contributed by atoms with Crippen molar-refractivity contribution < 1.29 is 17.6 Å². The van der Waals surface area contributed by atoms with Crippen LogP contribution in [0, 0.1) is 5.82 Å². The SMILES string of the molecule is CCN(CC)S(=O)(=O)c1ccc(CNC(=O)c2cccc(F)c2)cc1. The smallest absolute Gasteiger partial charge is 0.251 e. The van der Waals surface area contributed by atoms with Crippen molar-refractivity contribution in [3.8, 4) is 0 Å². The van der Waals surface area contributed by atoms with E-state index in [1.165, 1.54) is 34.6 Å². The van der Waals surface area contributed by atoms with Crippen molar-refractivity contribution in [2.75, 3.05) is 13.1 Å². The van der Waals surface area contributed by atoms with E-state index in [1.807, 2.05) is 0 Å². The van der Waals surface area contributed by atoms with E-state index >= 15 is 0 Å². The number of sulfonamides is 1. The van der Waals surface area contributed by atoms with Gasteiger partial charge < -0.3 is 5.32 Å². The summed E-state index contributed by atoms with van der Waals surface area (Å²) in [5.74, 6) is -0.863. The highest BCUT2D eigenvalue weighted by atomic mass is 32.2. The van der Waals surface area contributed by atoms with Crippen molar-refractivity contribution in [3.05, 3.63) is 65.5 Å². The van der Waals surface area contributed by atoms with Crippen LogP contribution in [0.15, 0.2) is 53.4 Å². The molecule has 0 heterocycles. The summed E-state index contributed by atoms with van der Waals surface area (Å²) in [7, 11) is -3.49. The van der Waals surface area contributed by atoms with E-state index in [-0.39, 0.29) is 22.9 Å². The van der Waals surface area contributed by atoms with E-state index in [1.54, 1.807) is 26.0 Å². The second-order valence-electron chi connectivity index (χ2n) is 5.43. The van der Waals surface area contributed by atoms with E-state index in [9.17, 15) is 17.6 Å². The zero-order valence-electron chi connectivity index (χ0n) is 14.2. The van der Waals surface area contributed by atoms with Crippen LogP contribution in [0.4, 0.5) is 4.39 Å². The summed E-state index contributed by atoms with van der Waals surface area (Å²) < 4.78 is 39.3. The molecule has 0 spiro atoms. The minimum absolute atomic E-state index is 0.219. The second-order valence-corrected chi connectivity index (χ2v) is 7.36. The number of nitrogens with one attached hydrogen (secondary N) is 1. The topological polar surface area (TPSA) is 66.5 Å². The van der Waals surface area contributed by atoms with Gasteiger partial charge in [0.05, 0.1) is 4.90 Å². The summed E-state index contributed by atoms with van der Waals surface area (Å²) >= 11 is 0. The fraction of sp³-hybridized carbons (Fsp3) is 0.278. The molecule has 0 aliphatic rings. The van der Waals surface area contributed by atoms with Gasteiger partial charge in [0.25, 0.3) is 5.91 Å². The maximum Gasteiger partial charge on any atom is 0.251 e. The van der Waals surface area contributed by atoms with Gasteiger partial charge in [-0.25, -0.2) is 12.8 Å². The lowest BCUT2D eigenvalue weighted by molar-refractivity contribution is 0.0950. The Bertz CT molecular complexity index is 832. The van der Waals surface area contributed by atoms with Crippen LogP contribution in [-0.4, -0.2) is 31.7 Å². The molecule has 5 nitrogen and oxygen atoms in total. The predicted molar refractivity (Wildman–Crippen MR) is 94.1 cm³/mol. The molecule has 2 aromatic carbocycles. The Hall–Kier alpha value is -2.25. The van der Waals surface area contributed by atoms with E-state index in [2.05, 4.69) is 5.32 Å². The normalized spacial score (nSPS) is 11.5. The quantitative estimate of drug-likeness (QED) is 0.821. The molecule has 7 heteroatoms. The third kappa shape index (κ3) is 4.64. The zero-order valence-corrected chi connectivity index (χ0v) is 15.0. The van der Waals surface area contributed by atoms with Crippen molar-refractivity contribution in [2.45, 2.75) is 25.3 Å². The number of carbonyl (C=O) groups excluding carboxylic acids is 1. The van der Waals surface area contributed by atoms with Crippen LogP contribution in [0.5, 0.6) is 0 Å². The summed E-state index contributed by atoms with van der Waals surface area (Å²) in [5.41, 5.74) is 0.990. The Morgan fingerprint density at radius 1 is 1.08 bits per heavy atom. The maximum atomic E-state index is 13.1. The molecule has 1 amide bonds. The van der Waals surface area contributed by atoms with Crippen LogP contribution in [-0.2, 0) is 16.6 Å². The lowest BCUT2D eigenvalue weighted by Crippen LogP contribution is -2.30. The summed E-state index contributed by atoms with van der Waals surface area (Å²) in [6.45, 7) is 4.62. The van der Waals surface area contributed by atoms with Crippen LogP contribution in [0.2, 0.25) is 0 Å². The molecular weight excluding hydrogens is 343 g/mol. The third-order valence-electron chi connectivity index (χ3n) is 3.81. The molecule has 134 valence electrons. The average molecular weight is 364 g/mol. The predicted octanol–water partition coefficient (Wildman–Crippen LogP) is 2.79. The van der Waals surface area contributed by atoms with E-state index in [0.717, 1.165) is 11.6 Å². The Balaban J connectivity index is 2.04. The molecule has 2 rings (SSSR count). The largest absolute Gasteiger partial charge is 0.348 e. The van der Waals surface area contributed by atoms with Crippen LogP contribution in [0.3, 0.4) is 0 Å². The Morgan fingerprint density at radius 2 is 1.72 bits per heavy atom. The van der Waals surface area contributed by atoms with Crippen molar-refractivity contribution in [1.82, 2.24) is 9.62 Å². The molecule has 2 aromatic rings. The van der Waals surface area contributed by atoms with Crippen LogP contribution in [0.1, 0.15) is 29.8 Å². The van der Waals surface area contributed by atoms with Gasteiger partial charge in [-0.05, 0) is 35.9 Å². The van der Waals surface area contributed by atoms with Gasteiger partial charge in [0.2, 0.25) is 10.0 Å². The fourth-order valence-electron chi connectivity index (χ4n) is 2.41. The van der Waals surface area contributed by atoms with Crippen LogP contribution >= 0.6 is 0 Å². The standard InChI is InChI=1S/C18H21FN2O3S/c1-3-21(4-2)25(23,24)17-10-8-14(9-11-17)13-20-18(22)15-6-5-7-16(19)12-15/h5-12H,3-4,13H2,1-2H3,(H,20,22). The van der Waals surface area contributed by atoms with Gasteiger partial charge in [0, 0.05) is 25.2 Å². The summed E-state index contributed by atoms with van der Waals surface area (Å²) in [5, 5.41) is 2.68. The first-order valence-corrected chi connectivity index (χ1v) is 9.45. The molecule has 0 aliphatic heterocycles. The molecule has 0 saturated heterocycles.